The molecule has 0 aliphatic carbocycles. The standard InChI is InChI=1S/C13H13IN2/c14-13(11-8-4-5-9-12(11)15)16-10-6-2-1-3-7-10/h1-9,13,16H,15H2/t13-/m0/s1. The number of benzene rings is 2. The Balaban J connectivity index is 2.15. The molecular weight excluding hydrogens is 311 g/mol. The van der Waals surface area contributed by atoms with Crippen molar-refractivity contribution in [3.8, 4) is 0 Å². The van der Waals surface area contributed by atoms with E-state index in [2.05, 4.69) is 27.9 Å². The maximum atomic E-state index is 5.93. The summed E-state index contributed by atoms with van der Waals surface area (Å²) < 4.78 is 0.182. The van der Waals surface area contributed by atoms with E-state index in [0.717, 1.165) is 16.9 Å². The molecule has 0 fully saturated rings. The lowest BCUT2D eigenvalue weighted by Gasteiger charge is -2.15. The second-order valence-electron chi connectivity index (χ2n) is 3.50. The molecule has 3 N–H and O–H groups in total. The first-order chi connectivity index (χ1) is 7.77. The van der Waals surface area contributed by atoms with E-state index in [1.807, 2.05) is 54.6 Å². The van der Waals surface area contributed by atoms with E-state index < -0.39 is 0 Å². The zero-order chi connectivity index (χ0) is 11.4. The number of hydrogen-bond donors (Lipinski definition) is 2. The smallest absolute Gasteiger partial charge is 0.106 e. The average molecular weight is 324 g/mol. The molecule has 0 amide bonds. The lowest BCUT2D eigenvalue weighted by atomic mass is 10.2. The minimum atomic E-state index is 0.182. The molecule has 2 rings (SSSR count). The van der Waals surface area contributed by atoms with Gasteiger partial charge in [0, 0.05) is 16.9 Å². The van der Waals surface area contributed by atoms with Gasteiger partial charge in [-0.15, -0.1) is 0 Å². The summed E-state index contributed by atoms with van der Waals surface area (Å²) in [6.07, 6.45) is 0. The van der Waals surface area contributed by atoms with E-state index in [1.54, 1.807) is 0 Å². The molecule has 1 atom stereocenters. The van der Waals surface area contributed by atoms with Crippen LogP contribution in [-0.2, 0) is 0 Å². The number of alkyl halides is 1. The third kappa shape index (κ3) is 2.66. The van der Waals surface area contributed by atoms with Crippen LogP contribution in [0.15, 0.2) is 54.6 Å². The number of nitrogens with two attached hydrogens (primary N) is 1. The van der Waals surface area contributed by atoms with E-state index in [9.17, 15) is 0 Å². The van der Waals surface area contributed by atoms with Gasteiger partial charge in [0.15, 0.2) is 0 Å². The summed E-state index contributed by atoms with van der Waals surface area (Å²) >= 11 is 2.35. The predicted molar refractivity (Wildman–Crippen MR) is 77.7 cm³/mol. The van der Waals surface area contributed by atoms with E-state index in [1.165, 1.54) is 0 Å². The number of nitrogens with one attached hydrogen (secondary N) is 1. The number of nitrogen functional groups attached to an aromatic ring is 1. The maximum absolute atomic E-state index is 5.93. The van der Waals surface area contributed by atoms with Crippen molar-refractivity contribution in [2.45, 2.75) is 4.05 Å². The van der Waals surface area contributed by atoms with E-state index in [4.69, 9.17) is 5.73 Å². The fourth-order valence-corrected chi connectivity index (χ4v) is 2.43. The average Bonchev–Trinajstić information content (AvgIpc) is 2.31. The normalized spacial score (nSPS) is 12.1. The van der Waals surface area contributed by atoms with Crippen molar-refractivity contribution in [1.82, 2.24) is 0 Å². The van der Waals surface area contributed by atoms with E-state index in [0.29, 0.717) is 0 Å². The zero-order valence-electron chi connectivity index (χ0n) is 8.73. The first-order valence-corrected chi connectivity index (χ1v) is 6.32. The summed E-state index contributed by atoms with van der Waals surface area (Å²) in [5.41, 5.74) is 8.97. The summed E-state index contributed by atoms with van der Waals surface area (Å²) in [5, 5.41) is 3.41. The summed E-state index contributed by atoms with van der Waals surface area (Å²) in [6.45, 7) is 0. The Hall–Kier alpha value is -1.23. The summed E-state index contributed by atoms with van der Waals surface area (Å²) in [7, 11) is 0. The van der Waals surface area contributed by atoms with Crippen LogP contribution in [0.3, 0.4) is 0 Å². The van der Waals surface area contributed by atoms with Gasteiger partial charge in [0.1, 0.15) is 4.05 Å². The fourth-order valence-electron chi connectivity index (χ4n) is 1.50. The van der Waals surface area contributed by atoms with Crippen LogP contribution >= 0.6 is 22.6 Å². The highest BCUT2D eigenvalue weighted by Gasteiger charge is 2.09. The van der Waals surface area contributed by atoms with Crippen molar-refractivity contribution >= 4 is 34.0 Å². The van der Waals surface area contributed by atoms with Crippen molar-refractivity contribution < 1.29 is 0 Å². The highest BCUT2D eigenvalue weighted by molar-refractivity contribution is 14.1. The van der Waals surface area contributed by atoms with E-state index in [-0.39, 0.29) is 4.05 Å². The molecule has 0 aliphatic heterocycles. The van der Waals surface area contributed by atoms with Gasteiger partial charge in [-0.05, 0) is 18.2 Å². The van der Waals surface area contributed by atoms with Gasteiger partial charge >= 0.3 is 0 Å². The molecule has 0 unspecified atom stereocenters. The predicted octanol–water partition coefficient (Wildman–Crippen LogP) is 3.81. The number of para-hydroxylation sites is 2. The molecule has 2 aromatic carbocycles. The van der Waals surface area contributed by atoms with Crippen LogP contribution in [-0.4, -0.2) is 0 Å². The third-order valence-electron chi connectivity index (χ3n) is 2.34. The summed E-state index contributed by atoms with van der Waals surface area (Å²) in [5.74, 6) is 0. The topological polar surface area (TPSA) is 38.0 Å². The second kappa shape index (κ2) is 5.21. The van der Waals surface area contributed by atoms with Crippen LogP contribution in [0.25, 0.3) is 0 Å². The van der Waals surface area contributed by atoms with Gasteiger partial charge in [-0.2, -0.15) is 0 Å². The van der Waals surface area contributed by atoms with Crippen molar-refractivity contribution in [2.24, 2.45) is 0 Å². The largest absolute Gasteiger partial charge is 0.398 e. The van der Waals surface area contributed by atoms with Gasteiger partial charge in [-0.25, -0.2) is 0 Å². The van der Waals surface area contributed by atoms with Crippen LogP contribution in [0.4, 0.5) is 11.4 Å². The first-order valence-electron chi connectivity index (χ1n) is 5.07. The third-order valence-corrected chi connectivity index (χ3v) is 3.32. The molecule has 0 saturated heterocycles. The Morgan fingerprint density at radius 1 is 0.938 bits per heavy atom. The number of halogens is 1. The molecule has 0 heterocycles. The van der Waals surface area contributed by atoms with Gasteiger partial charge < -0.3 is 11.1 Å². The van der Waals surface area contributed by atoms with E-state index >= 15 is 0 Å². The molecule has 2 nitrogen and oxygen atoms in total. The van der Waals surface area contributed by atoms with Gasteiger partial charge in [0.05, 0.1) is 0 Å². The molecule has 16 heavy (non-hydrogen) atoms. The van der Waals surface area contributed by atoms with Crippen molar-refractivity contribution in [1.29, 1.82) is 0 Å². The SMILES string of the molecule is Nc1ccccc1[C@@H](I)Nc1ccccc1. The van der Waals surface area contributed by atoms with Crippen LogP contribution < -0.4 is 11.1 Å². The van der Waals surface area contributed by atoms with Gasteiger partial charge in [0.2, 0.25) is 0 Å². The molecule has 0 spiro atoms. The lowest BCUT2D eigenvalue weighted by molar-refractivity contribution is 1.16. The first kappa shape index (κ1) is 11.3. The Bertz CT molecular complexity index is 456. The molecule has 0 aliphatic rings. The molecule has 2 aromatic rings. The van der Waals surface area contributed by atoms with Crippen LogP contribution in [0, 0.1) is 0 Å². The molecule has 0 aromatic heterocycles. The van der Waals surface area contributed by atoms with Crippen LogP contribution in [0.1, 0.15) is 9.61 Å². The molecule has 82 valence electrons. The van der Waals surface area contributed by atoms with Crippen molar-refractivity contribution in [2.75, 3.05) is 11.1 Å². The lowest BCUT2D eigenvalue weighted by Crippen LogP contribution is -2.05. The maximum Gasteiger partial charge on any atom is 0.106 e. The number of anilines is 2. The van der Waals surface area contributed by atoms with Gasteiger partial charge in [-0.1, -0.05) is 59.0 Å². The summed E-state index contributed by atoms with van der Waals surface area (Å²) in [6, 6.07) is 18.0. The van der Waals surface area contributed by atoms with Gasteiger partial charge in [-0.3, -0.25) is 0 Å². The molecular formula is C13H13IN2. The minimum Gasteiger partial charge on any atom is -0.398 e. The fraction of sp³-hybridized carbons (Fsp3) is 0.0769. The number of rotatable bonds is 3. The highest BCUT2D eigenvalue weighted by atomic mass is 127. The quantitative estimate of drug-likeness (QED) is 0.390. The molecule has 0 bridgehead atoms. The van der Waals surface area contributed by atoms with Gasteiger partial charge in [0.25, 0.3) is 0 Å². The molecule has 0 saturated carbocycles. The monoisotopic (exact) mass is 324 g/mol. The second-order valence-corrected chi connectivity index (χ2v) is 4.75. The molecule has 0 radical (unpaired) electrons. The highest BCUT2D eigenvalue weighted by Crippen LogP contribution is 2.29. The Morgan fingerprint density at radius 3 is 2.25 bits per heavy atom. The van der Waals surface area contributed by atoms with Crippen molar-refractivity contribution in [3.63, 3.8) is 0 Å². The minimum absolute atomic E-state index is 0.182. The number of hydrogen-bond acceptors (Lipinski definition) is 2. The Kier molecular flexibility index (Phi) is 3.66. The summed E-state index contributed by atoms with van der Waals surface area (Å²) in [4.78, 5) is 0. The Morgan fingerprint density at radius 2 is 1.56 bits per heavy atom. The molecule has 3 heteroatoms. The Labute approximate surface area is 109 Å². The van der Waals surface area contributed by atoms with Crippen LogP contribution in [0.2, 0.25) is 0 Å². The van der Waals surface area contributed by atoms with Crippen LogP contribution in [0.5, 0.6) is 0 Å². The van der Waals surface area contributed by atoms with Crippen molar-refractivity contribution in [3.05, 3.63) is 60.2 Å². The zero-order valence-corrected chi connectivity index (χ0v) is 10.9.